The SMILES string of the molecule is CS(=O)(=O)c1ccc(N2CCN(S(=O)(=O)c3ccccc3)CC2)c([N+](=O)[O-])c1. The van der Waals surface area contributed by atoms with Crippen LogP contribution in [0.25, 0.3) is 0 Å². The molecule has 0 spiro atoms. The van der Waals surface area contributed by atoms with Crippen LogP contribution in [0, 0.1) is 10.1 Å². The molecule has 150 valence electrons. The number of sulfone groups is 1. The third-order valence-electron chi connectivity index (χ3n) is 4.53. The van der Waals surface area contributed by atoms with Gasteiger partial charge in [0.1, 0.15) is 5.69 Å². The van der Waals surface area contributed by atoms with E-state index >= 15 is 0 Å². The standard InChI is InChI=1S/C17H19N3O6S2/c1-27(23,24)15-7-8-16(17(13-15)20(21)22)18-9-11-19(12-10-18)28(25,26)14-5-3-2-4-6-14/h2-8,13H,9-12H2,1H3. The molecule has 2 aromatic rings. The van der Waals surface area contributed by atoms with Gasteiger partial charge in [-0.25, -0.2) is 16.8 Å². The highest BCUT2D eigenvalue weighted by molar-refractivity contribution is 7.90. The second-order valence-corrected chi connectivity index (χ2v) is 10.3. The van der Waals surface area contributed by atoms with Gasteiger partial charge in [-0.05, 0) is 24.3 Å². The van der Waals surface area contributed by atoms with E-state index in [1.807, 2.05) is 0 Å². The molecule has 0 radical (unpaired) electrons. The lowest BCUT2D eigenvalue weighted by Crippen LogP contribution is -2.48. The van der Waals surface area contributed by atoms with Crippen LogP contribution in [0.4, 0.5) is 11.4 Å². The molecule has 0 saturated carbocycles. The molecule has 1 aliphatic rings. The number of hydrogen-bond donors (Lipinski definition) is 0. The average molecular weight is 425 g/mol. The van der Waals surface area contributed by atoms with Crippen LogP contribution in [-0.4, -0.2) is 58.5 Å². The predicted molar refractivity (Wildman–Crippen MR) is 104 cm³/mol. The summed E-state index contributed by atoms with van der Waals surface area (Å²) in [5.74, 6) is 0. The summed E-state index contributed by atoms with van der Waals surface area (Å²) in [4.78, 5) is 12.6. The van der Waals surface area contributed by atoms with E-state index < -0.39 is 24.8 Å². The molecule has 0 N–H and O–H groups in total. The van der Waals surface area contributed by atoms with Crippen LogP contribution in [0.5, 0.6) is 0 Å². The summed E-state index contributed by atoms with van der Waals surface area (Å²) in [6.07, 6.45) is 0.985. The van der Waals surface area contributed by atoms with Crippen LogP contribution < -0.4 is 4.90 Å². The molecule has 0 atom stereocenters. The van der Waals surface area contributed by atoms with Gasteiger partial charge in [0.05, 0.1) is 14.7 Å². The number of benzene rings is 2. The van der Waals surface area contributed by atoms with E-state index in [1.54, 1.807) is 23.1 Å². The predicted octanol–water partition coefficient (Wildman–Crippen LogP) is 1.51. The topological polar surface area (TPSA) is 118 Å². The molecular weight excluding hydrogens is 406 g/mol. The minimum absolute atomic E-state index is 0.131. The van der Waals surface area contributed by atoms with Crippen molar-refractivity contribution in [2.75, 3.05) is 37.3 Å². The van der Waals surface area contributed by atoms with Crippen molar-refractivity contribution < 1.29 is 21.8 Å². The second-order valence-electron chi connectivity index (χ2n) is 6.38. The smallest absolute Gasteiger partial charge is 0.293 e. The van der Waals surface area contributed by atoms with E-state index in [4.69, 9.17) is 0 Å². The highest BCUT2D eigenvalue weighted by atomic mass is 32.2. The molecule has 1 heterocycles. The first-order chi connectivity index (χ1) is 13.1. The fourth-order valence-electron chi connectivity index (χ4n) is 3.06. The number of nitro benzene ring substituents is 1. The Balaban J connectivity index is 1.83. The fraction of sp³-hybridized carbons (Fsp3) is 0.294. The Hall–Kier alpha value is -2.50. The van der Waals surface area contributed by atoms with Crippen LogP contribution in [0.15, 0.2) is 58.3 Å². The number of hydrogen-bond acceptors (Lipinski definition) is 7. The summed E-state index contributed by atoms with van der Waals surface area (Å²) in [6, 6.07) is 11.8. The first-order valence-corrected chi connectivity index (χ1v) is 11.7. The molecule has 0 amide bonds. The van der Waals surface area contributed by atoms with Crippen molar-refractivity contribution in [3.8, 4) is 0 Å². The lowest BCUT2D eigenvalue weighted by molar-refractivity contribution is -0.384. The van der Waals surface area contributed by atoms with E-state index in [2.05, 4.69) is 0 Å². The van der Waals surface area contributed by atoms with E-state index in [0.29, 0.717) is 0 Å². The zero-order valence-corrected chi connectivity index (χ0v) is 16.7. The molecule has 0 aliphatic carbocycles. The van der Waals surface area contributed by atoms with Crippen LogP contribution in [-0.2, 0) is 19.9 Å². The number of anilines is 1. The molecule has 0 bridgehead atoms. The Bertz CT molecular complexity index is 1090. The summed E-state index contributed by atoms with van der Waals surface area (Å²) in [7, 11) is -7.20. The zero-order chi connectivity index (χ0) is 20.5. The molecular formula is C17H19N3O6S2. The Labute approximate surface area is 163 Å². The van der Waals surface area contributed by atoms with Gasteiger partial charge in [0.15, 0.2) is 9.84 Å². The van der Waals surface area contributed by atoms with Crippen molar-refractivity contribution in [3.05, 3.63) is 58.6 Å². The average Bonchev–Trinajstić information content (AvgIpc) is 2.67. The van der Waals surface area contributed by atoms with Crippen molar-refractivity contribution in [1.82, 2.24) is 4.31 Å². The third-order valence-corrected chi connectivity index (χ3v) is 7.56. The van der Waals surface area contributed by atoms with Crippen molar-refractivity contribution in [3.63, 3.8) is 0 Å². The van der Waals surface area contributed by atoms with Crippen LogP contribution >= 0.6 is 0 Å². The van der Waals surface area contributed by atoms with Crippen LogP contribution in [0.2, 0.25) is 0 Å². The summed E-state index contributed by atoms with van der Waals surface area (Å²) < 4.78 is 50.1. The number of sulfonamides is 1. The molecule has 0 unspecified atom stereocenters. The van der Waals surface area contributed by atoms with Gasteiger partial charge in [-0.15, -0.1) is 0 Å². The minimum atomic E-state index is -3.63. The van der Waals surface area contributed by atoms with Crippen molar-refractivity contribution in [2.45, 2.75) is 9.79 Å². The van der Waals surface area contributed by atoms with Crippen molar-refractivity contribution >= 4 is 31.2 Å². The highest BCUT2D eigenvalue weighted by Crippen LogP contribution is 2.32. The monoisotopic (exact) mass is 425 g/mol. The maximum Gasteiger partial charge on any atom is 0.293 e. The van der Waals surface area contributed by atoms with Crippen molar-refractivity contribution in [2.24, 2.45) is 0 Å². The highest BCUT2D eigenvalue weighted by Gasteiger charge is 2.31. The largest absolute Gasteiger partial charge is 0.363 e. The Morgan fingerprint density at radius 3 is 2.04 bits per heavy atom. The van der Waals surface area contributed by atoms with Gasteiger partial charge in [0.25, 0.3) is 5.69 Å². The maximum atomic E-state index is 12.7. The molecule has 2 aromatic carbocycles. The Morgan fingerprint density at radius 1 is 0.893 bits per heavy atom. The van der Waals surface area contributed by atoms with E-state index in [0.717, 1.165) is 12.3 Å². The Kier molecular flexibility index (Phi) is 5.41. The third kappa shape index (κ3) is 4.01. The lowest BCUT2D eigenvalue weighted by Gasteiger charge is -2.35. The zero-order valence-electron chi connectivity index (χ0n) is 15.1. The van der Waals surface area contributed by atoms with Crippen LogP contribution in [0.1, 0.15) is 0 Å². The summed E-state index contributed by atoms with van der Waals surface area (Å²) in [6.45, 7) is 0.848. The molecule has 28 heavy (non-hydrogen) atoms. The van der Waals surface area contributed by atoms with Crippen LogP contribution in [0.3, 0.4) is 0 Å². The van der Waals surface area contributed by atoms with Crippen molar-refractivity contribution in [1.29, 1.82) is 0 Å². The minimum Gasteiger partial charge on any atom is -0.363 e. The molecule has 3 rings (SSSR count). The molecule has 9 nitrogen and oxygen atoms in total. The number of nitrogens with zero attached hydrogens (tertiary/aromatic N) is 3. The van der Waals surface area contributed by atoms with Gasteiger partial charge in [-0.1, -0.05) is 18.2 Å². The fourth-order valence-corrected chi connectivity index (χ4v) is 5.14. The van der Waals surface area contributed by atoms with Gasteiger partial charge in [-0.2, -0.15) is 4.31 Å². The van der Waals surface area contributed by atoms with E-state index in [1.165, 1.54) is 28.6 Å². The van der Waals surface area contributed by atoms with Gasteiger partial charge in [-0.3, -0.25) is 10.1 Å². The summed E-state index contributed by atoms with van der Waals surface area (Å²) in [5.41, 5.74) is -0.0450. The normalized spacial score (nSPS) is 16.1. The van der Waals surface area contributed by atoms with Gasteiger partial charge in [0, 0.05) is 38.5 Å². The van der Waals surface area contributed by atoms with Gasteiger partial charge >= 0.3 is 0 Å². The van der Waals surface area contributed by atoms with E-state index in [9.17, 15) is 26.9 Å². The second kappa shape index (κ2) is 7.49. The quantitative estimate of drug-likeness (QED) is 0.526. The number of rotatable bonds is 5. The summed E-state index contributed by atoms with van der Waals surface area (Å²) in [5, 5.41) is 11.4. The molecule has 1 saturated heterocycles. The molecule has 0 aromatic heterocycles. The van der Waals surface area contributed by atoms with Gasteiger partial charge < -0.3 is 4.90 Å². The molecule has 1 fully saturated rings. The van der Waals surface area contributed by atoms with E-state index in [-0.39, 0.29) is 47.3 Å². The number of piperazine rings is 1. The lowest BCUT2D eigenvalue weighted by atomic mass is 10.2. The number of nitro groups is 1. The first kappa shape index (κ1) is 20.2. The molecule has 11 heteroatoms. The first-order valence-electron chi connectivity index (χ1n) is 8.39. The molecule has 1 aliphatic heterocycles. The van der Waals surface area contributed by atoms with Gasteiger partial charge in [0.2, 0.25) is 10.0 Å². The summed E-state index contributed by atoms with van der Waals surface area (Å²) >= 11 is 0. The maximum absolute atomic E-state index is 12.7. The Morgan fingerprint density at radius 2 is 1.50 bits per heavy atom.